The Balaban J connectivity index is 3.03. The van der Waals surface area contributed by atoms with Crippen LogP contribution < -0.4 is 4.74 Å². The van der Waals surface area contributed by atoms with Crippen molar-refractivity contribution in [1.29, 1.82) is 0 Å². The first-order valence-electron chi connectivity index (χ1n) is 5.12. The summed E-state index contributed by atoms with van der Waals surface area (Å²) in [5, 5.41) is 9.15. The molecule has 0 aliphatic heterocycles. The van der Waals surface area contributed by atoms with Gasteiger partial charge in [-0.2, -0.15) is 0 Å². The maximum absolute atomic E-state index is 11.5. The van der Waals surface area contributed by atoms with Gasteiger partial charge < -0.3 is 9.84 Å². The monoisotopic (exact) mass is 208 g/mol. The minimum atomic E-state index is -0.137. The molecule has 0 radical (unpaired) electrons. The Bertz CT molecular complexity index is 345. The zero-order chi connectivity index (χ0) is 11.3. The zero-order valence-electron chi connectivity index (χ0n) is 9.12. The molecular weight excluding hydrogens is 192 g/mol. The summed E-state index contributed by atoms with van der Waals surface area (Å²) in [6.07, 6.45) is 0.445. The highest BCUT2D eigenvalue weighted by Gasteiger charge is 2.09. The lowest BCUT2D eigenvalue weighted by molar-refractivity contribution is 0.0985. The van der Waals surface area contributed by atoms with Crippen molar-refractivity contribution in [2.45, 2.75) is 26.9 Å². The lowest BCUT2D eigenvalue weighted by Gasteiger charge is -2.08. The molecule has 0 aromatic heterocycles. The third kappa shape index (κ3) is 2.80. The number of hydrogen-bond donors (Lipinski definition) is 1. The van der Waals surface area contributed by atoms with Crippen LogP contribution >= 0.6 is 0 Å². The molecule has 0 bridgehead atoms. The highest BCUT2D eigenvalue weighted by atomic mass is 16.5. The molecule has 0 fully saturated rings. The number of aliphatic hydroxyl groups excluding tert-OH is 1. The van der Waals surface area contributed by atoms with E-state index in [-0.39, 0.29) is 12.4 Å². The molecule has 3 nitrogen and oxygen atoms in total. The van der Waals surface area contributed by atoms with Crippen LogP contribution in [0.3, 0.4) is 0 Å². The predicted octanol–water partition coefficient (Wildman–Crippen LogP) is 2.17. The van der Waals surface area contributed by atoms with Crippen LogP contribution in [0.2, 0.25) is 0 Å². The fraction of sp³-hybridized carbons (Fsp3) is 0.417. The van der Waals surface area contributed by atoms with Crippen molar-refractivity contribution in [2.24, 2.45) is 0 Å². The van der Waals surface area contributed by atoms with Gasteiger partial charge in [0.25, 0.3) is 0 Å². The van der Waals surface area contributed by atoms with Crippen LogP contribution in [-0.4, -0.2) is 17.5 Å². The fourth-order valence-electron chi connectivity index (χ4n) is 1.42. The molecule has 0 amide bonds. The quantitative estimate of drug-likeness (QED) is 0.754. The van der Waals surface area contributed by atoms with E-state index in [9.17, 15) is 4.79 Å². The summed E-state index contributed by atoms with van der Waals surface area (Å²) >= 11 is 0. The van der Waals surface area contributed by atoms with Crippen molar-refractivity contribution in [2.75, 3.05) is 6.61 Å². The topological polar surface area (TPSA) is 46.5 Å². The first-order chi connectivity index (χ1) is 7.22. The molecule has 0 saturated carbocycles. The molecule has 3 heteroatoms. The van der Waals surface area contributed by atoms with Gasteiger partial charge in [0.1, 0.15) is 5.75 Å². The Morgan fingerprint density at radius 3 is 2.67 bits per heavy atom. The first kappa shape index (κ1) is 11.7. The van der Waals surface area contributed by atoms with Crippen molar-refractivity contribution in [1.82, 2.24) is 0 Å². The third-order valence-electron chi connectivity index (χ3n) is 2.18. The summed E-state index contributed by atoms with van der Waals surface area (Å²) in [5.74, 6) is 0.733. The van der Waals surface area contributed by atoms with E-state index in [0.29, 0.717) is 29.9 Å². The third-order valence-corrected chi connectivity index (χ3v) is 2.18. The van der Waals surface area contributed by atoms with Gasteiger partial charge in [0.15, 0.2) is 5.78 Å². The smallest absolute Gasteiger partial charge is 0.162 e. The van der Waals surface area contributed by atoms with Crippen LogP contribution in [0.15, 0.2) is 18.2 Å². The van der Waals surface area contributed by atoms with Gasteiger partial charge in [-0.1, -0.05) is 6.92 Å². The number of ether oxygens (including phenoxy) is 1. The average Bonchev–Trinajstić information content (AvgIpc) is 2.28. The maximum atomic E-state index is 11.5. The Morgan fingerprint density at radius 1 is 1.40 bits per heavy atom. The highest BCUT2D eigenvalue weighted by Crippen LogP contribution is 2.19. The van der Waals surface area contributed by atoms with Gasteiger partial charge in [-0.25, -0.2) is 0 Å². The Morgan fingerprint density at radius 2 is 2.13 bits per heavy atom. The average molecular weight is 208 g/mol. The number of Topliss-reactive ketones (excluding diaryl/α,β-unsaturated/α-hetero) is 1. The summed E-state index contributed by atoms with van der Waals surface area (Å²) in [7, 11) is 0. The second-order valence-electron chi connectivity index (χ2n) is 3.19. The SMILES string of the molecule is CCOc1ccc(C(=O)CC)c(CO)c1. The van der Waals surface area contributed by atoms with Crippen molar-refractivity contribution in [3.63, 3.8) is 0 Å². The van der Waals surface area contributed by atoms with E-state index in [1.807, 2.05) is 6.92 Å². The predicted molar refractivity (Wildman–Crippen MR) is 58.2 cm³/mol. The minimum absolute atomic E-state index is 0.0436. The van der Waals surface area contributed by atoms with E-state index in [0.717, 1.165) is 0 Å². The number of ketones is 1. The van der Waals surface area contributed by atoms with E-state index < -0.39 is 0 Å². The molecule has 0 saturated heterocycles. The lowest BCUT2D eigenvalue weighted by Crippen LogP contribution is -2.03. The summed E-state index contributed by atoms with van der Waals surface area (Å²) in [6.45, 7) is 4.14. The molecule has 0 aliphatic carbocycles. The van der Waals surface area contributed by atoms with Crippen molar-refractivity contribution in [3.8, 4) is 5.75 Å². The van der Waals surface area contributed by atoms with Crippen LogP contribution in [0.1, 0.15) is 36.2 Å². The first-order valence-corrected chi connectivity index (χ1v) is 5.12. The van der Waals surface area contributed by atoms with Gasteiger partial charge >= 0.3 is 0 Å². The largest absolute Gasteiger partial charge is 0.494 e. The molecule has 0 heterocycles. The zero-order valence-corrected chi connectivity index (χ0v) is 9.12. The summed E-state index contributed by atoms with van der Waals surface area (Å²) < 4.78 is 5.29. The lowest BCUT2D eigenvalue weighted by atomic mass is 10.0. The second kappa shape index (κ2) is 5.51. The minimum Gasteiger partial charge on any atom is -0.494 e. The number of carbonyl (C=O) groups excluding carboxylic acids is 1. The van der Waals surface area contributed by atoms with Gasteiger partial charge in [0, 0.05) is 12.0 Å². The molecule has 0 spiro atoms. The van der Waals surface area contributed by atoms with E-state index >= 15 is 0 Å². The van der Waals surface area contributed by atoms with Crippen molar-refractivity contribution >= 4 is 5.78 Å². The number of rotatable bonds is 5. The summed E-state index contributed by atoms with van der Waals surface area (Å²) in [5.41, 5.74) is 1.22. The van der Waals surface area contributed by atoms with Crippen LogP contribution in [-0.2, 0) is 6.61 Å². The van der Waals surface area contributed by atoms with E-state index in [2.05, 4.69) is 0 Å². The van der Waals surface area contributed by atoms with Gasteiger partial charge in [-0.3, -0.25) is 4.79 Å². The van der Waals surface area contributed by atoms with E-state index in [4.69, 9.17) is 9.84 Å². The van der Waals surface area contributed by atoms with Crippen LogP contribution in [0, 0.1) is 0 Å². The normalized spacial score (nSPS) is 10.1. The van der Waals surface area contributed by atoms with Gasteiger partial charge in [-0.15, -0.1) is 0 Å². The second-order valence-corrected chi connectivity index (χ2v) is 3.19. The van der Waals surface area contributed by atoms with Gasteiger partial charge in [0.2, 0.25) is 0 Å². The molecule has 0 aliphatic rings. The number of hydrogen-bond acceptors (Lipinski definition) is 3. The molecule has 1 aromatic rings. The molecule has 0 atom stereocenters. The van der Waals surface area contributed by atoms with Crippen LogP contribution in [0.4, 0.5) is 0 Å². The molecule has 1 aromatic carbocycles. The van der Waals surface area contributed by atoms with Crippen LogP contribution in [0.25, 0.3) is 0 Å². The molecule has 82 valence electrons. The van der Waals surface area contributed by atoms with E-state index in [1.54, 1.807) is 25.1 Å². The van der Waals surface area contributed by atoms with Crippen molar-refractivity contribution in [3.05, 3.63) is 29.3 Å². The van der Waals surface area contributed by atoms with Crippen LogP contribution in [0.5, 0.6) is 5.75 Å². The molecule has 1 rings (SSSR count). The standard InChI is InChI=1S/C12H16O3/c1-3-12(14)11-6-5-10(15-4-2)7-9(11)8-13/h5-7,13H,3-4,8H2,1-2H3. The number of aliphatic hydroxyl groups is 1. The Hall–Kier alpha value is -1.35. The molecular formula is C12H16O3. The van der Waals surface area contributed by atoms with Gasteiger partial charge in [0.05, 0.1) is 13.2 Å². The summed E-state index contributed by atoms with van der Waals surface area (Å²) in [6, 6.07) is 5.18. The van der Waals surface area contributed by atoms with E-state index in [1.165, 1.54) is 0 Å². The summed E-state index contributed by atoms with van der Waals surface area (Å²) in [4.78, 5) is 11.5. The van der Waals surface area contributed by atoms with Gasteiger partial charge in [-0.05, 0) is 30.7 Å². The highest BCUT2D eigenvalue weighted by molar-refractivity contribution is 5.97. The molecule has 0 unspecified atom stereocenters. The maximum Gasteiger partial charge on any atom is 0.162 e. The molecule has 1 N–H and O–H groups in total. The number of carbonyl (C=O) groups is 1. The Kier molecular flexibility index (Phi) is 4.31. The number of benzene rings is 1. The Labute approximate surface area is 89.7 Å². The fourth-order valence-corrected chi connectivity index (χ4v) is 1.42. The molecule has 15 heavy (non-hydrogen) atoms. The van der Waals surface area contributed by atoms with Crippen molar-refractivity contribution < 1.29 is 14.6 Å².